The average Bonchev–Trinajstić information content (AvgIpc) is 2.45. The van der Waals surface area contributed by atoms with E-state index in [2.05, 4.69) is 28.3 Å². The Bertz CT molecular complexity index is 294. The zero-order chi connectivity index (χ0) is 9.97. The molecule has 0 spiro atoms. The molecule has 4 nitrogen and oxygen atoms in total. The molecule has 0 amide bonds. The minimum absolute atomic E-state index is 0.694. The van der Waals surface area contributed by atoms with Crippen LogP contribution in [0.2, 0.25) is 0 Å². The lowest BCUT2D eigenvalue weighted by Crippen LogP contribution is -2.29. The molecule has 0 radical (unpaired) electrons. The van der Waals surface area contributed by atoms with Gasteiger partial charge in [-0.2, -0.15) is 5.10 Å². The quantitative estimate of drug-likeness (QED) is 0.705. The Labute approximate surface area is 84.9 Å². The summed E-state index contributed by atoms with van der Waals surface area (Å²) < 4.78 is 1.86. The first-order valence-corrected chi connectivity index (χ1v) is 5.21. The second-order valence-corrected chi connectivity index (χ2v) is 4.10. The molecule has 0 aromatic carbocycles. The van der Waals surface area contributed by atoms with Crippen LogP contribution in [-0.4, -0.2) is 36.0 Å². The summed E-state index contributed by atoms with van der Waals surface area (Å²) >= 11 is 0. The Hall–Kier alpha value is -1.03. The number of aromatic nitrogens is 2. The summed E-state index contributed by atoms with van der Waals surface area (Å²) in [6, 6.07) is 2.08. The summed E-state index contributed by atoms with van der Waals surface area (Å²) in [4.78, 5) is 2.35. The van der Waals surface area contributed by atoms with Crippen molar-refractivity contribution in [2.45, 2.75) is 6.92 Å². The standard InChI is InChI=1S/C10H18N4/c1-9-7-11-4-6-14(8-9)10-3-5-13(2)12-10/h3,5,9,11H,4,6-8H2,1-2H3. The van der Waals surface area contributed by atoms with Crippen LogP contribution in [0.4, 0.5) is 5.82 Å². The fourth-order valence-electron chi connectivity index (χ4n) is 1.87. The lowest BCUT2D eigenvalue weighted by Gasteiger charge is -2.21. The van der Waals surface area contributed by atoms with Gasteiger partial charge in [-0.15, -0.1) is 0 Å². The van der Waals surface area contributed by atoms with Crippen molar-refractivity contribution in [3.05, 3.63) is 12.3 Å². The fraction of sp³-hybridized carbons (Fsp3) is 0.700. The van der Waals surface area contributed by atoms with E-state index in [1.807, 2.05) is 17.9 Å². The number of hydrogen-bond acceptors (Lipinski definition) is 3. The molecule has 4 heteroatoms. The van der Waals surface area contributed by atoms with Crippen LogP contribution in [-0.2, 0) is 7.05 Å². The van der Waals surface area contributed by atoms with Crippen LogP contribution < -0.4 is 10.2 Å². The van der Waals surface area contributed by atoms with Gasteiger partial charge in [-0.25, -0.2) is 0 Å². The van der Waals surface area contributed by atoms with Crippen LogP contribution in [0.25, 0.3) is 0 Å². The largest absolute Gasteiger partial charge is 0.354 e. The first kappa shape index (κ1) is 9.52. The number of aryl methyl sites for hydroxylation is 1. The van der Waals surface area contributed by atoms with Gasteiger partial charge in [0, 0.05) is 38.9 Å². The second-order valence-electron chi connectivity index (χ2n) is 4.10. The minimum Gasteiger partial charge on any atom is -0.354 e. The summed E-state index contributed by atoms with van der Waals surface area (Å²) in [6.07, 6.45) is 2.00. The summed E-state index contributed by atoms with van der Waals surface area (Å²) in [5.41, 5.74) is 0. The van der Waals surface area contributed by atoms with E-state index in [1.54, 1.807) is 0 Å². The summed E-state index contributed by atoms with van der Waals surface area (Å²) in [6.45, 7) is 6.60. The normalized spacial score (nSPS) is 23.6. The third-order valence-corrected chi connectivity index (χ3v) is 2.61. The Balaban J connectivity index is 2.08. The van der Waals surface area contributed by atoms with Crippen LogP contribution >= 0.6 is 0 Å². The molecule has 1 aromatic heterocycles. The van der Waals surface area contributed by atoms with E-state index >= 15 is 0 Å². The van der Waals surface area contributed by atoms with Gasteiger partial charge in [0.15, 0.2) is 5.82 Å². The van der Waals surface area contributed by atoms with Crippen molar-refractivity contribution in [2.24, 2.45) is 13.0 Å². The molecule has 1 fully saturated rings. The van der Waals surface area contributed by atoms with Crippen molar-refractivity contribution in [1.82, 2.24) is 15.1 Å². The first-order chi connectivity index (χ1) is 6.75. The van der Waals surface area contributed by atoms with Crippen LogP contribution in [0.15, 0.2) is 12.3 Å². The highest BCUT2D eigenvalue weighted by atomic mass is 15.3. The molecular weight excluding hydrogens is 176 g/mol. The Kier molecular flexibility index (Phi) is 2.72. The third-order valence-electron chi connectivity index (χ3n) is 2.61. The lowest BCUT2D eigenvalue weighted by molar-refractivity contribution is 0.562. The number of rotatable bonds is 1. The van der Waals surface area contributed by atoms with E-state index in [4.69, 9.17) is 0 Å². The molecule has 78 valence electrons. The van der Waals surface area contributed by atoms with E-state index in [-0.39, 0.29) is 0 Å². The van der Waals surface area contributed by atoms with Gasteiger partial charge in [-0.05, 0) is 12.5 Å². The van der Waals surface area contributed by atoms with Crippen LogP contribution in [0.1, 0.15) is 6.92 Å². The molecule has 1 saturated heterocycles. The molecule has 1 aromatic rings. The molecule has 1 N–H and O–H groups in total. The van der Waals surface area contributed by atoms with Gasteiger partial charge in [-0.1, -0.05) is 6.92 Å². The SMILES string of the molecule is CC1CNCCN(c2ccn(C)n2)C1. The van der Waals surface area contributed by atoms with Crippen LogP contribution in [0, 0.1) is 5.92 Å². The average molecular weight is 194 g/mol. The van der Waals surface area contributed by atoms with Crippen LogP contribution in [0.3, 0.4) is 0 Å². The molecule has 0 saturated carbocycles. The predicted octanol–water partition coefficient (Wildman–Crippen LogP) is 0.466. The second kappa shape index (κ2) is 4.00. The number of nitrogens with one attached hydrogen (secondary N) is 1. The number of anilines is 1. The molecule has 0 aliphatic carbocycles. The predicted molar refractivity (Wildman–Crippen MR) is 57.5 cm³/mol. The molecule has 14 heavy (non-hydrogen) atoms. The molecule has 0 bridgehead atoms. The van der Waals surface area contributed by atoms with E-state index in [9.17, 15) is 0 Å². The highest BCUT2D eigenvalue weighted by Gasteiger charge is 2.15. The molecule has 1 unspecified atom stereocenters. The van der Waals surface area contributed by atoms with Crippen molar-refractivity contribution < 1.29 is 0 Å². The van der Waals surface area contributed by atoms with Gasteiger partial charge in [0.25, 0.3) is 0 Å². The maximum absolute atomic E-state index is 4.43. The van der Waals surface area contributed by atoms with Gasteiger partial charge in [0.2, 0.25) is 0 Å². The van der Waals surface area contributed by atoms with E-state index < -0.39 is 0 Å². The number of hydrogen-bond donors (Lipinski definition) is 1. The van der Waals surface area contributed by atoms with Gasteiger partial charge in [0.1, 0.15) is 0 Å². The zero-order valence-electron chi connectivity index (χ0n) is 8.90. The van der Waals surface area contributed by atoms with Gasteiger partial charge >= 0.3 is 0 Å². The molecule has 2 heterocycles. The highest BCUT2D eigenvalue weighted by Crippen LogP contribution is 2.13. The molecular formula is C10H18N4. The van der Waals surface area contributed by atoms with Gasteiger partial charge < -0.3 is 10.2 Å². The maximum Gasteiger partial charge on any atom is 0.150 e. The minimum atomic E-state index is 0.694. The first-order valence-electron chi connectivity index (χ1n) is 5.21. The third kappa shape index (κ3) is 2.07. The molecule has 2 rings (SSSR count). The number of nitrogens with zero attached hydrogens (tertiary/aromatic N) is 3. The van der Waals surface area contributed by atoms with Gasteiger partial charge in [0.05, 0.1) is 0 Å². The summed E-state index contributed by atoms with van der Waals surface area (Å²) in [5, 5.41) is 7.85. The maximum atomic E-state index is 4.43. The van der Waals surface area contributed by atoms with E-state index in [1.165, 1.54) is 0 Å². The van der Waals surface area contributed by atoms with Crippen molar-refractivity contribution in [3.63, 3.8) is 0 Å². The van der Waals surface area contributed by atoms with E-state index in [0.717, 1.165) is 32.0 Å². The van der Waals surface area contributed by atoms with Crippen molar-refractivity contribution in [1.29, 1.82) is 0 Å². The van der Waals surface area contributed by atoms with Crippen LogP contribution in [0.5, 0.6) is 0 Å². The zero-order valence-corrected chi connectivity index (χ0v) is 8.90. The Morgan fingerprint density at radius 3 is 3.14 bits per heavy atom. The fourth-order valence-corrected chi connectivity index (χ4v) is 1.87. The van der Waals surface area contributed by atoms with Crippen molar-refractivity contribution >= 4 is 5.82 Å². The topological polar surface area (TPSA) is 33.1 Å². The van der Waals surface area contributed by atoms with Crippen molar-refractivity contribution in [2.75, 3.05) is 31.1 Å². The monoisotopic (exact) mass is 194 g/mol. The molecule has 1 aliphatic rings. The smallest absolute Gasteiger partial charge is 0.150 e. The van der Waals surface area contributed by atoms with Crippen molar-refractivity contribution in [3.8, 4) is 0 Å². The Morgan fingerprint density at radius 2 is 2.43 bits per heavy atom. The Morgan fingerprint density at radius 1 is 1.57 bits per heavy atom. The highest BCUT2D eigenvalue weighted by molar-refractivity contribution is 5.37. The van der Waals surface area contributed by atoms with E-state index in [0.29, 0.717) is 5.92 Å². The van der Waals surface area contributed by atoms with Gasteiger partial charge in [-0.3, -0.25) is 4.68 Å². The molecule has 1 atom stereocenters. The summed E-state index contributed by atoms with van der Waals surface area (Å²) in [7, 11) is 1.96. The lowest BCUT2D eigenvalue weighted by atomic mass is 10.2. The molecule has 1 aliphatic heterocycles. The summed E-state index contributed by atoms with van der Waals surface area (Å²) in [5.74, 6) is 1.79.